The first-order valence-electron chi connectivity index (χ1n) is 12.0. The third kappa shape index (κ3) is 23.7. The summed E-state index contributed by atoms with van der Waals surface area (Å²) in [6.07, 6.45) is 35.1. The van der Waals surface area contributed by atoms with Gasteiger partial charge in [-0.05, 0) is 19.8 Å². The van der Waals surface area contributed by atoms with Gasteiger partial charge in [0, 0.05) is 0 Å². The van der Waals surface area contributed by atoms with E-state index in [1.165, 1.54) is 135 Å². The molecule has 0 aromatic heterocycles. The van der Waals surface area contributed by atoms with Gasteiger partial charge in [-0.25, -0.2) is 0 Å². The van der Waals surface area contributed by atoms with Crippen LogP contribution in [-0.4, -0.2) is 0 Å². The van der Waals surface area contributed by atoms with Crippen LogP contribution in [-0.2, 0) is 0 Å². The lowest BCUT2D eigenvalue weighted by Crippen LogP contribution is -1.84. The first kappa shape index (κ1) is 24.7. The predicted molar refractivity (Wildman–Crippen MR) is 117 cm³/mol. The van der Waals surface area contributed by atoms with E-state index < -0.39 is 0 Å². The Balaban J connectivity index is 2.96. The van der Waals surface area contributed by atoms with E-state index in [2.05, 4.69) is 26.0 Å². The average Bonchev–Trinajstić information content (AvgIpc) is 2.63. The predicted octanol–water partition coefficient (Wildman–Crippen LogP) is 9.77. The molecule has 0 radical (unpaired) electrons. The molecule has 25 heavy (non-hydrogen) atoms. The van der Waals surface area contributed by atoms with Crippen LogP contribution in [0, 0.1) is 0 Å². The minimum Gasteiger partial charge on any atom is -0.0917 e. The highest BCUT2D eigenvalue weighted by Crippen LogP contribution is 2.15. The largest absolute Gasteiger partial charge is 0.0917 e. The second-order valence-electron chi connectivity index (χ2n) is 8.08. The van der Waals surface area contributed by atoms with Crippen molar-refractivity contribution in [1.29, 1.82) is 0 Å². The molecule has 0 bridgehead atoms. The van der Waals surface area contributed by atoms with Crippen LogP contribution in [0.15, 0.2) is 12.2 Å². The van der Waals surface area contributed by atoms with E-state index in [1.54, 1.807) is 0 Å². The maximum Gasteiger partial charge on any atom is -0.0351 e. The van der Waals surface area contributed by atoms with Crippen LogP contribution in [0.1, 0.15) is 149 Å². The molecular formula is C25H50. The SMILES string of the molecule is C/C=C/CCCCCCCCCCCCCCCCCCCCCC. The Bertz CT molecular complexity index is 240. The van der Waals surface area contributed by atoms with Gasteiger partial charge in [-0.1, -0.05) is 141 Å². The van der Waals surface area contributed by atoms with Crippen LogP contribution in [0.4, 0.5) is 0 Å². The van der Waals surface area contributed by atoms with Crippen molar-refractivity contribution in [3.8, 4) is 0 Å². The average molecular weight is 351 g/mol. The second-order valence-corrected chi connectivity index (χ2v) is 8.08. The zero-order valence-electron chi connectivity index (χ0n) is 18.0. The second kappa shape index (κ2) is 23.7. The fourth-order valence-corrected chi connectivity index (χ4v) is 3.68. The van der Waals surface area contributed by atoms with Crippen molar-refractivity contribution in [2.24, 2.45) is 0 Å². The normalized spacial score (nSPS) is 11.6. The molecule has 0 heteroatoms. The van der Waals surface area contributed by atoms with Crippen LogP contribution < -0.4 is 0 Å². The molecule has 0 heterocycles. The summed E-state index contributed by atoms with van der Waals surface area (Å²) in [5.74, 6) is 0. The van der Waals surface area contributed by atoms with Crippen molar-refractivity contribution in [3.05, 3.63) is 12.2 Å². The van der Waals surface area contributed by atoms with Gasteiger partial charge in [0.25, 0.3) is 0 Å². The van der Waals surface area contributed by atoms with E-state index in [-0.39, 0.29) is 0 Å². The van der Waals surface area contributed by atoms with Crippen molar-refractivity contribution in [2.45, 2.75) is 149 Å². The first-order valence-corrected chi connectivity index (χ1v) is 12.0. The van der Waals surface area contributed by atoms with Gasteiger partial charge in [-0.2, -0.15) is 0 Å². The molecule has 0 amide bonds. The van der Waals surface area contributed by atoms with Gasteiger partial charge in [0.05, 0.1) is 0 Å². The molecule has 0 rings (SSSR count). The first-order chi connectivity index (χ1) is 12.4. The molecule has 0 unspecified atom stereocenters. The van der Waals surface area contributed by atoms with Gasteiger partial charge < -0.3 is 0 Å². The Morgan fingerprint density at radius 2 is 0.680 bits per heavy atom. The summed E-state index contributed by atoms with van der Waals surface area (Å²) in [6.45, 7) is 4.42. The van der Waals surface area contributed by atoms with E-state index >= 15 is 0 Å². The molecule has 0 spiro atoms. The smallest absolute Gasteiger partial charge is 0.0351 e. The number of allylic oxidation sites excluding steroid dienone is 2. The van der Waals surface area contributed by atoms with Crippen molar-refractivity contribution in [2.75, 3.05) is 0 Å². The maximum atomic E-state index is 2.30. The summed E-state index contributed by atoms with van der Waals surface area (Å²) < 4.78 is 0. The van der Waals surface area contributed by atoms with Gasteiger partial charge in [0.1, 0.15) is 0 Å². The molecule has 0 N–H and O–H groups in total. The molecule has 0 fully saturated rings. The van der Waals surface area contributed by atoms with Gasteiger partial charge >= 0.3 is 0 Å². The topological polar surface area (TPSA) is 0 Å². The van der Waals surface area contributed by atoms with E-state index in [1.807, 2.05) is 0 Å². The lowest BCUT2D eigenvalue weighted by Gasteiger charge is -2.04. The zero-order chi connectivity index (χ0) is 18.3. The third-order valence-electron chi connectivity index (χ3n) is 5.46. The number of hydrogen-bond acceptors (Lipinski definition) is 0. The summed E-state index contributed by atoms with van der Waals surface area (Å²) >= 11 is 0. The fourth-order valence-electron chi connectivity index (χ4n) is 3.68. The van der Waals surface area contributed by atoms with E-state index in [4.69, 9.17) is 0 Å². The van der Waals surface area contributed by atoms with Gasteiger partial charge in [-0.15, -0.1) is 0 Å². The molecule has 150 valence electrons. The highest BCUT2D eigenvalue weighted by atomic mass is 14.0. The standard InChI is InChI=1S/C25H50/c1-3-5-7-9-11-13-15-17-19-21-23-25-24-22-20-18-16-14-12-10-8-6-4-2/h3,5H,4,6-25H2,1-2H3/b5-3+. The lowest BCUT2D eigenvalue weighted by atomic mass is 10.0. The summed E-state index contributed by atoms with van der Waals surface area (Å²) in [5, 5.41) is 0. The third-order valence-corrected chi connectivity index (χ3v) is 5.46. The Kier molecular flexibility index (Phi) is 23.5. The minimum atomic E-state index is 1.29. The number of hydrogen-bond donors (Lipinski definition) is 0. The van der Waals surface area contributed by atoms with Gasteiger partial charge in [-0.3, -0.25) is 0 Å². The summed E-state index contributed by atoms with van der Waals surface area (Å²) in [5.41, 5.74) is 0. The van der Waals surface area contributed by atoms with Crippen molar-refractivity contribution in [1.82, 2.24) is 0 Å². The molecule has 0 saturated heterocycles. The summed E-state index contributed by atoms with van der Waals surface area (Å²) in [7, 11) is 0. The van der Waals surface area contributed by atoms with E-state index in [0.29, 0.717) is 0 Å². The molecular weight excluding hydrogens is 300 g/mol. The van der Waals surface area contributed by atoms with E-state index in [9.17, 15) is 0 Å². The molecule has 0 nitrogen and oxygen atoms in total. The Morgan fingerprint density at radius 3 is 0.960 bits per heavy atom. The van der Waals surface area contributed by atoms with Crippen molar-refractivity contribution >= 4 is 0 Å². The molecule has 0 aliphatic rings. The summed E-state index contributed by atoms with van der Waals surface area (Å²) in [4.78, 5) is 0. The molecule has 0 saturated carbocycles. The molecule has 0 aromatic carbocycles. The number of rotatable bonds is 21. The van der Waals surface area contributed by atoms with Crippen LogP contribution in [0.3, 0.4) is 0 Å². The molecule has 0 aliphatic heterocycles. The minimum absolute atomic E-state index is 1.29. The summed E-state index contributed by atoms with van der Waals surface area (Å²) in [6, 6.07) is 0. The highest BCUT2D eigenvalue weighted by molar-refractivity contribution is 4.76. The molecule has 0 aliphatic carbocycles. The van der Waals surface area contributed by atoms with E-state index in [0.717, 1.165) is 0 Å². The van der Waals surface area contributed by atoms with Crippen LogP contribution in [0.2, 0.25) is 0 Å². The fraction of sp³-hybridized carbons (Fsp3) is 0.920. The maximum absolute atomic E-state index is 2.30. The van der Waals surface area contributed by atoms with Crippen LogP contribution in [0.5, 0.6) is 0 Å². The Morgan fingerprint density at radius 1 is 0.400 bits per heavy atom. The Hall–Kier alpha value is -0.260. The molecule has 0 aromatic rings. The highest BCUT2D eigenvalue weighted by Gasteiger charge is 1.95. The van der Waals surface area contributed by atoms with Gasteiger partial charge in [0.2, 0.25) is 0 Å². The van der Waals surface area contributed by atoms with Crippen LogP contribution in [0.25, 0.3) is 0 Å². The Labute approximate surface area is 161 Å². The molecule has 0 atom stereocenters. The van der Waals surface area contributed by atoms with Gasteiger partial charge in [0.15, 0.2) is 0 Å². The van der Waals surface area contributed by atoms with Crippen molar-refractivity contribution in [3.63, 3.8) is 0 Å². The monoisotopic (exact) mass is 350 g/mol. The zero-order valence-corrected chi connectivity index (χ0v) is 18.0. The number of unbranched alkanes of at least 4 members (excludes halogenated alkanes) is 20. The van der Waals surface area contributed by atoms with Crippen LogP contribution >= 0.6 is 0 Å². The lowest BCUT2D eigenvalue weighted by molar-refractivity contribution is 0.522. The van der Waals surface area contributed by atoms with Crippen molar-refractivity contribution < 1.29 is 0 Å². The quantitative estimate of drug-likeness (QED) is 0.143.